The second-order valence-corrected chi connectivity index (χ2v) is 4.33. The first-order chi connectivity index (χ1) is 9.17. The van der Waals surface area contributed by atoms with Gasteiger partial charge in [0.15, 0.2) is 0 Å². The van der Waals surface area contributed by atoms with E-state index >= 15 is 0 Å². The SMILES string of the molecule is Cn1c(Cn2cc(CN)nn2)nc2cc(F)ccc21. The number of rotatable bonds is 3. The molecule has 0 aliphatic rings. The van der Waals surface area contributed by atoms with Gasteiger partial charge in [-0.3, -0.25) is 0 Å². The van der Waals surface area contributed by atoms with Gasteiger partial charge in [-0.05, 0) is 12.1 Å². The van der Waals surface area contributed by atoms with Crippen molar-refractivity contribution < 1.29 is 4.39 Å². The van der Waals surface area contributed by atoms with Gasteiger partial charge >= 0.3 is 0 Å². The quantitative estimate of drug-likeness (QED) is 0.756. The van der Waals surface area contributed by atoms with Crippen LogP contribution >= 0.6 is 0 Å². The van der Waals surface area contributed by atoms with Crippen LogP contribution in [0, 0.1) is 5.82 Å². The van der Waals surface area contributed by atoms with Crippen LogP contribution in [0.4, 0.5) is 4.39 Å². The minimum atomic E-state index is -0.289. The van der Waals surface area contributed by atoms with Crippen molar-refractivity contribution in [2.45, 2.75) is 13.1 Å². The first-order valence-corrected chi connectivity index (χ1v) is 5.87. The summed E-state index contributed by atoms with van der Waals surface area (Å²) in [6, 6.07) is 4.56. The Morgan fingerprint density at radius 2 is 2.21 bits per heavy atom. The third-order valence-electron chi connectivity index (χ3n) is 3.03. The average molecular weight is 260 g/mol. The molecule has 2 heterocycles. The third-order valence-corrected chi connectivity index (χ3v) is 3.03. The van der Waals surface area contributed by atoms with Crippen LogP contribution in [0.15, 0.2) is 24.4 Å². The number of benzene rings is 1. The Morgan fingerprint density at radius 1 is 1.37 bits per heavy atom. The van der Waals surface area contributed by atoms with E-state index in [0.29, 0.717) is 18.6 Å². The summed E-state index contributed by atoms with van der Waals surface area (Å²) in [5.74, 6) is 0.498. The zero-order chi connectivity index (χ0) is 13.4. The maximum absolute atomic E-state index is 13.2. The first kappa shape index (κ1) is 11.8. The normalized spacial score (nSPS) is 11.3. The second-order valence-electron chi connectivity index (χ2n) is 4.33. The van der Waals surface area contributed by atoms with E-state index in [1.165, 1.54) is 12.1 Å². The largest absolute Gasteiger partial charge is 0.330 e. The lowest BCUT2D eigenvalue weighted by atomic mass is 10.3. The highest BCUT2D eigenvalue weighted by atomic mass is 19.1. The number of hydrogen-bond acceptors (Lipinski definition) is 4. The maximum Gasteiger partial charge on any atom is 0.131 e. The van der Waals surface area contributed by atoms with Crippen molar-refractivity contribution >= 4 is 11.0 Å². The summed E-state index contributed by atoms with van der Waals surface area (Å²) in [6.45, 7) is 0.827. The first-order valence-electron chi connectivity index (χ1n) is 5.87. The smallest absolute Gasteiger partial charge is 0.131 e. The molecule has 0 aliphatic heterocycles. The van der Waals surface area contributed by atoms with Gasteiger partial charge in [-0.25, -0.2) is 14.1 Å². The number of nitrogens with zero attached hydrogens (tertiary/aromatic N) is 5. The fourth-order valence-corrected chi connectivity index (χ4v) is 2.02. The molecule has 0 saturated carbocycles. The number of aryl methyl sites for hydroxylation is 1. The zero-order valence-corrected chi connectivity index (χ0v) is 10.4. The molecule has 0 bridgehead atoms. The number of imidazole rings is 1. The predicted molar refractivity (Wildman–Crippen MR) is 67.7 cm³/mol. The molecule has 0 amide bonds. The standard InChI is InChI=1S/C12H13FN6/c1-18-11-3-2-8(13)4-10(11)15-12(18)7-19-6-9(5-14)16-17-19/h2-4,6H,5,7,14H2,1H3. The van der Waals surface area contributed by atoms with Crippen LogP contribution < -0.4 is 5.73 Å². The Hall–Kier alpha value is -2.28. The van der Waals surface area contributed by atoms with Gasteiger partial charge in [0.1, 0.15) is 18.2 Å². The molecule has 3 rings (SSSR count). The van der Waals surface area contributed by atoms with E-state index in [-0.39, 0.29) is 5.82 Å². The van der Waals surface area contributed by atoms with Gasteiger partial charge in [0.05, 0.1) is 22.9 Å². The molecular formula is C12H13FN6. The predicted octanol–water partition coefficient (Wildman–Crippen LogP) is 0.811. The fourth-order valence-electron chi connectivity index (χ4n) is 2.02. The van der Waals surface area contributed by atoms with Crippen LogP contribution in [0.2, 0.25) is 0 Å². The Morgan fingerprint density at radius 3 is 2.95 bits per heavy atom. The minimum Gasteiger partial charge on any atom is -0.330 e. The van der Waals surface area contributed by atoms with Gasteiger partial charge in [-0.1, -0.05) is 5.21 Å². The van der Waals surface area contributed by atoms with Crippen LogP contribution in [-0.2, 0) is 20.1 Å². The number of hydrogen-bond donors (Lipinski definition) is 1. The molecule has 19 heavy (non-hydrogen) atoms. The van der Waals surface area contributed by atoms with Gasteiger partial charge in [0.2, 0.25) is 0 Å². The van der Waals surface area contributed by atoms with Crippen molar-refractivity contribution in [2.75, 3.05) is 0 Å². The Bertz CT molecular complexity index is 729. The highest BCUT2D eigenvalue weighted by Crippen LogP contribution is 2.16. The zero-order valence-electron chi connectivity index (χ0n) is 10.4. The second kappa shape index (κ2) is 4.43. The van der Waals surface area contributed by atoms with Crippen molar-refractivity contribution in [3.63, 3.8) is 0 Å². The van der Waals surface area contributed by atoms with Crippen molar-refractivity contribution in [2.24, 2.45) is 12.8 Å². The minimum absolute atomic E-state index is 0.289. The van der Waals surface area contributed by atoms with Crippen molar-refractivity contribution in [1.82, 2.24) is 24.5 Å². The highest BCUT2D eigenvalue weighted by molar-refractivity contribution is 5.75. The molecule has 0 aliphatic carbocycles. The molecule has 1 aromatic carbocycles. The molecule has 2 N–H and O–H groups in total. The van der Waals surface area contributed by atoms with Crippen LogP contribution in [-0.4, -0.2) is 24.5 Å². The maximum atomic E-state index is 13.2. The van der Waals surface area contributed by atoms with E-state index in [9.17, 15) is 4.39 Å². The topological polar surface area (TPSA) is 74.5 Å². The Kier molecular flexibility index (Phi) is 2.75. The molecule has 0 saturated heterocycles. The highest BCUT2D eigenvalue weighted by Gasteiger charge is 2.10. The molecule has 0 spiro atoms. The lowest BCUT2D eigenvalue weighted by Gasteiger charge is -2.01. The molecular weight excluding hydrogens is 247 g/mol. The monoisotopic (exact) mass is 260 g/mol. The summed E-state index contributed by atoms with van der Waals surface area (Å²) in [5, 5.41) is 7.89. The summed E-state index contributed by atoms with van der Waals surface area (Å²) in [6.07, 6.45) is 1.78. The van der Waals surface area contributed by atoms with Gasteiger partial charge in [-0.15, -0.1) is 5.10 Å². The summed E-state index contributed by atoms with van der Waals surface area (Å²) >= 11 is 0. The number of nitrogens with two attached hydrogens (primary N) is 1. The number of halogens is 1. The molecule has 0 unspecified atom stereocenters. The van der Waals surface area contributed by atoms with E-state index in [2.05, 4.69) is 15.3 Å². The van der Waals surface area contributed by atoms with E-state index < -0.39 is 0 Å². The van der Waals surface area contributed by atoms with Gasteiger partial charge in [0, 0.05) is 19.7 Å². The molecule has 7 heteroatoms. The van der Waals surface area contributed by atoms with E-state index in [4.69, 9.17) is 5.73 Å². The molecule has 3 aromatic rings. The lowest BCUT2D eigenvalue weighted by Crippen LogP contribution is -2.06. The lowest BCUT2D eigenvalue weighted by molar-refractivity contribution is 0.610. The average Bonchev–Trinajstić information content (AvgIpc) is 2.96. The fraction of sp³-hybridized carbons (Fsp3) is 0.250. The third kappa shape index (κ3) is 2.08. The summed E-state index contributed by atoms with van der Waals surface area (Å²) in [7, 11) is 1.89. The van der Waals surface area contributed by atoms with Crippen molar-refractivity contribution in [1.29, 1.82) is 0 Å². The van der Waals surface area contributed by atoms with Crippen LogP contribution in [0.3, 0.4) is 0 Å². The molecule has 98 valence electrons. The molecule has 0 radical (unpaired) electrons. The van der Waals surface area contributed by atoms with Crippen LogP contribution in [0.5, 0.6) is 0 Å². The van der Waals surface area contributed by atoms with E-state index in [0.717, 1.165) is 17.0 Å². The van der Waals surface area contributed by atoms with Gasteiger partial charge in [-0.2, -0.15) is 0 Å². The molecule has 0 atom stereocenters. The number of aromatic nitrogens is 5. The van der Waals surface area contributed by atoms with Crippen molar-refractivity contribution in [3.8, 4) is 0 Å². The van der Waals surface area contributed by atoms with E-state index in [1.807, 2.05) is 11.6 Å². The van der Waals surface area contributed by atoms with Crippen LogP contribution in [0.25, 0.3) is 11.0 Å². The van der Waals surface area contributed by atoms with Crippen molar-refractivity contribution in [3.05, 3.63) is 41.7 Å². The Balaban J connectivity index is 1.98. The van der Waals surface area contributed by atoms with Crippen LogP contribution in [0.1, 0.15) is 11.5 Å². The van der Waals surface area contributed by atoms with E-state index in [1.54, 1.807) is 16.9 Å². The number of fused-ring (bicyclic) bond motifs is 1. The Labute approximate surface area is 108 Å². The molecule has 6 nitrogen and oxygen atoms in total. The summed E-state index contributed by atoms with van der Waals surface area (Å²) < 4.78 is 16.7. The van der Waals surface area contributed by atoms with Gasteiger partial charge < -0.3 is 10.3 Å². The summed E-state index contributed by atoms with van der Waals surface area (Å²) in [5.41, 5.74) is 7.73. The molecule has 2 aromatic heterocycles. The molecule has 0 fully saturated rings. The van der Waals surface area contributed by atoms with Gasteiger partial charge in [0.25, 0.3) is 0 Å². The summed E-state index contributed by atoms with van der Waals surface area (Å²) in [4.78, 5) is 4.41.